The summed E-state index contributed by atoms with van der Waals surface area (Å²) in [6.45, 7) is 2.18. The summed E-state index contributed by atoms with van der Waals surface area (Å²) in [7, 11) is 0. The zero-order valence-corrected chi connectivity index (χ0v) is 20.5. The first-order chi connectivity index (χ1) is 18.3. The molecule has 38 heavy (non-hydrogen) atoms. The molecule has 1 saturated heterocycles. The number of aliphatic hydroxyl groups is 1. The van der Waals surface area contributed by atoms with Crippen molar-refractivity contribution in [1.29, 1.82) is 0 Å². The quantitative estimate of drug-likeness (QED) is 0.188. The average Bonchev–Trinajstić information content (AvgIpc) is 3.18. The number of anilines is 1. The highest BCUT2D eigenvalue weighted by molar-refractivity contribution is 6.51. The molecule has 7 heteroatoms. The molecule has 4 aromatic carbocycles. The summed E-state index contributed by atoms with van der Waals surface area (Å²) >= 11 is 0. The predicted molar refractivity (Wildman–Crippen MR) is 141 cm³/mol. The van der Waals surface area contributed by atoms with Crippen LogP contribution in [0.15, 0.2) is 103 Å². The topological polar surface area (TPSA) is 87.1 Å². The molecule has 1 aliphatic rings. The Labute approximate surface area is 218 Å². The van der Waals surface area contributed by atoms with E-state index in [1.54, 1.807) is 30.3 Å². The minimum absolute atomic E-state index is 0.0805. The normalized spacial score (nSPS) is 16.6. The van der Waals surface area contributed by atoms with E-state index in [0.29, 0.717) is 23.5 Å². The Morgan fingerprint density at radius 2 is 1.68 bits per heavy atom. The number of ketones is 1. The number of carbonyl (C=O) groups excluding carboxylic acids is 2. The number of halogens is 1. The number of rotatable bonds is 6. The number of ether oxygens (including phenoxy) is 1. The van der Waals surface area contributed by atoms with E-state index < -0.39 is 23.5 Å². The molecule has 0 aliphatic carbocycles. The maximum atomic E-state index is 14.1. The molecule has 0 spiro atoms. The van der Waals surface area contributed by atoms with Crippen molar-refractivity contribution < 1.29 is 28.9 Å². The molecule has 2 N–H and O–H groups in total. The Balaban J connectivity index is 1.57. The molecule has 1 amide bonds. The van der Waals surface area contributed by atoms with Crippen molar-refractivity contribution in [3.05, 3.63) is 131 Å². The van der Waals surface area contributed by atoms with E-state index in [9.17, 15) is 24.2 Å². The minimum atomic E-state index is -1.08. The molecule has 4 aromatic rings. The molecular weight excluding hydrogens is 485 g/mol. The van der Waals surface area contributed by atoms with Crippen molar-refractivity contribution in [1.82, 2.24) is 0 Å². The molecule has 0 bridgehead atoms. The van der Waals surface area contributed by atoms with Crippen molar-refractivity contribution in [2.45, 2.75) is 19.6 Å². The van der Waals surface area contributed by atoms with Crippen LogP contribution in [0.5, 0.6) is 11.5 Å². The molecule has 1 aliphatic heterocycles. The highest BCUT2D eigenvalue weighted by Crippen LogP contribution is 2.43. The van der Waals surface area contributed by atoms with Crippen LogP contribution in [0.4, 0.5) is 10.1 Å². The van der Waals surface area contributed by atoms with Crippen molar-refractivity contribution in [3.63, 3.8) is 0 Å². The number of aryl methyl sites for hydroxylation is 1. The maximum Gasteiger partial charge on any atom is 0.300 e. The van der Waals surface area contributed by atoms with Crippen LogP contribution in [0.25, 0.3) is 5.76 Å². The van der Waals surface area contributed by atoms with Gasteiger partial charge < -0.3 is 14.9 Å². The van der Waals surface area contributed by atoms with Gasteiger partial charge in [0.05, 0.1) is 11.6 Å². The Hall–Kier alpha value is -4.91. The molecule has 1 heterocycles. The van der Waals surface area contributed by atoms with Gasteiger partial charge in [0.2, 0.25) is 0 Å². The molecule has 0 saturated carbocycles. The molecule has 0 radical (unpaired) electrons. The number of aliphatic hydroxyl groups excluding tert-OH is 1. The SMILES string of the molecule is Cc1cc(/C(O)=C2\C(=O)C(=O)N(c3cccc(F)c3)C2c2cccc(O)c2)ccc1OCc1ccccc1. The van der Waals surface area contributed by atoms with Crippen molar-refractivity contribution in [3.8, 4) is 11.5 Å². The number of nitrogens with zero attached hydrogens (tertiary/aromatic N) is 1. The van der Waals surface area contributed by atoms with Crippen LogP contribution in [0.2, 0.25) is 0 Å². The van der Waals surface area contributed by atoms with Gasteiger partial charge in [-0.1, -0.05) is 48.5 Å². The van der Waals surface area contributed by atoms with Gasteiger partial charge in [0.25, 0.3) is 11.7 Å². The lowest BCUT2D eigenvalue weighted by molar-refractivity contribution is -0.132. The fraction of sp³-hybridized carbons (Fsp3) is 0.0968. The van der Waals surface area contributed by atoms with Gasteiger partial charge >= 0.3 is 0 Å². The summed E-state index contributed by atoms with van der Waals surface area (Å²) in [5.74, 6) is -2.26. The molecule has 6 nitrogen and oxygen atoms in total. The lowest BCUT2D eigenvalue weighted by Crippen LogP contribution is -2.29. The van der Waals surface area contributed by atoms with E-state index in [2.05, 4.69) is 0 Å². The molecule has 5 rings (SSSR count). The zero-order valence-electron chi connectivity index (χ0n) is 20.5. The van der Waals surface area contributed by atoms with Crippen molar-refractivity contribution in [2.75, 3.05) is 4.90 Å². The summed E-state index contributed by atoms with van der Waals surface area (Å²) in [6, 6.07) is 24.9. The van der Waals surface area contributed by atoms with Gasteiger partial charge in [-0.2, -0.15) is 0 Å². The number of hydrogen-bond acceptors (Lipinski definition) is 5. The van der Waals surface area contributed by atoms with E-state index in [0.717, 1.165) is 22.1 Å². The Kier molecular flexibility index (Phi) is 6.66. The van der Waals surface area contributed by atoms with Crippen LogP contribution in [-0.2, 0) is 16.2 Å². The van der Waals surface area contributed by atoms with Crippen molar-refractivity contribution in [2.24, 2.45) is 0 Å². The smallest absolute Gasteiger partial charge is 0.300 e. The monoisotopic (exact) mass is 509 g/mol. The first kappa shape index (κ1) is 24.8. The maximum absolute atomic E-state index is 14.1. The van der Waals surface area contributed by atoms with Crippen LogP contribution < -0.4 is 9.64 Å². The van der Waals surface area contributed by atoms with Gasteiger partial charge in [0.15, 0.2) is 0 Å². The second kappa shape index (κ2) is 10.2. The lowest BCUT2D eigenvalue weighted by Gasteiger charge is -2.25. The fourth-order valence-electron chi connectivity index (χ4n) is 4.58. The standard InChI is InChI=1S/C31H24FNO5/c1-19-15-22(13-14-26(19)38-18-20-7-3-2-4-8-20)29(35)27-28(21-9-5-12-25(34)16-21)33(31(37)30(27)36)24-11-6-10-23(32)17-24/h2-17,28,34-35H,18H2,1H3/b29-27+. The number of benzene rings is 4. The summed E-state index contributed by atoms with van der Waals surface area (Å²) in [5, 5.41) is 21.5. The van der Waals surface area contributed by atoms with Crippen LogP contribution in [0.3, 0.4) is 0 Å². The zero-order chi connectivity index (χ0) is 26.8. The lowest BCUT2D eigenvalue weighted by atomic mass is 9.94. The largest absolute Gasteiger partial charge is 0.508 e. The van der Waals surface area contributed by atoms with Crippen LogP contribution >= 0.6 is 0 Å². The molecular formula is C31H24FNO5. The molecule has 1 atom stereocenters. The van der Waals surface area contributed by atoms with Gasteiger partial charge in [-0.25, -0.2) is 4.39 Å². The fourth-order valence-corrected chi connectivity index (χ4v) is 4.58. The van der Waals surface area contributed by atoms with Gasteiger partial charge in [0, 0.05) is 11.3 Å². The van der Waals surface area contributed by atoms with Crippen LogP contribution in [-0.4, -0.2) is 21.9 Å². The minimum Gasteiger partial charge on any atom is -0.508 e. The van der Waals surface area contributed by atoms with E-state index in [1.807, 2.05) is 37.3 Å². The summed E-state index contributed by atoms with van der Waals surface area (Å²) in [6.07, 6.45) is 0. The predicted octanol–water partition coefficient (Wildman–Crippen LogP) is 6.05. The first-order valence-electron chi connectivity index (χ1n) is 12.0. The summed E-state index contributed by atoms with van der Waals surface area (Å²) < 4.78 is 20.0. The Bertz CT molecular complexity index is 1560. The Morgan fingerprint density at radius 1 is 0.921 bits per heavy atom. The number of hydrogen-bond donors (Lipinski definition) is 2. The van der Waals surface area contributed by atoms with E-state index >= 15 is 0 Å². The number of Topliss-reactive ketones (excluding diaryl/α,β-unsaturated/α-hetero) is 1. The van der Waals surface area contributed by atoms with Gasteiger partial charge in [0.1, 0.15) is 29.7 Å². The van der Waals surface area contributed by atoms with Gasteiger partial charge in [-0.3, -0.25) is 14.5 Å². The summed E-state index contributed by atoms with van der Waals surface area (Å²) in [4.78, 5) is 27.6. The highest BCUT2D eigenvalue weighted by Gasteiger charge is 2.47. The third-order valence-electron chi connectivity index (χ3n) is 6.40. The number of phenolic OH excluding ortho intramolecular Hbond substituents is 1. The van der Waals surface area contributed by atoms with Gasteiger partial charge in [-0.15, -0.1) is 0 Å². The number of aromatic hydroxyl groups is 1. The number of phenols is 1. The van der Waals surface area contributed by atoms with Crippen molar-refractivity contribution >= 4 is 23.1 Å². The van der Waals surface area contributed by atoms with E-state index in [4.69, 9.17) is 4.74 Å². The molecule has 1 unspecified atom stereocenters. The molecule has 1 fully saturated rings. The highest BCUT2D eigenvalue weighted by atomic mass is 19.1. The third kappa shape index (κ3) is 4.74. The Morgan fingerprint density at radius 3 is 2.39 bits per heavy atom. The van der Waals surface area contributed by atoms with Crippen LogP contribution in [0.1, 0.15) is 28.3 Å². The second-order valence-electron chi connectivity index (χ2n) is 9.00. The van der Waals surface area contributed by atoms with E-state index in [-0.39, 0.29) is 22.8 Å². The molecule has 0 aromatic heterocycles. The van der Waals surface area contributed by atoms with Crippen LogP contribution in [0, 0.1) is 12.7 Å². The number of amides is 1. The molecule has 190 valence electrons. The summed E-state index contributed by atoms with van der Waals surface area (Å²) in [5.41, 5.74) is 2.41. The van der Waals surface area contributed by atoms with Gasteiger partial charge in [-0.05, 0) is 72.1 Å². The number of carbonyl (C=O) groups is 2. The van der Waals surface area contributed by atoms with E-state index in [1.165, 1.54) is 30.3 Å². The second-order valence-corrected chi connectivity index (χ2v) is 9.00. The average molecular weight is 510 g/mol. The first-order valence-corrected chi connectivity index (χ1v) is 12.0. The third-order valence-corrected chi connectivity index (χ3v) is 6.40.